The zero-order chi connectivity index (χ0) is 46.7. The van der Waals surface area contributed by atoms with E-state index in [2.05, 4.69) is 15.6 Å². The molecule has 2 fully saturated rings. The van der Waals surface area contributed by atoms with Crippen molar-refractivity contribution < 1.29 is 95.3 Å². The Morgan fingerprint density at radius 2 is 1.50 bits per heavy atom. The highest BCUT2D eigenvalue weighted by Crippen LogP contribution is 2.48. The first kappa shape index (κ1) is 51.0. The zero-order valence-electron chi connectivity index (χ0n) is 35.1. The molecule has 11 atom stereocenters. The van der Waals surface area contributed by atoms with Crippen LogP contribution in [-0.2, 0) is 85.3 Å². The van der Waals surface area contributed by atoms with Gasteiger partial charge in [0.15, 0.2) is 30.6 Å². The molecular weight excluding hydrogens is 855 g/mol. The number of amides is 2. The summed E-state index contributed by atoms with van der Waals surface area (Å²) in [6, 6.07) is -0.165. The smallest absolute Gasteiger partial charge is 0.351 e. The highest BCUT2D eigenvalue weighted by atomic mass is 31.2. The lowest BCUT2D eigenvalue weighted by molar-refractivity contribution is -0.245. The number of ether oxygens (including phenoxy) is 8. The molecule has 2 aliphatic rings. The lowest BCUT2D eigenvalue weighted by atomic mass is 9.82. The van der Waals surface area contributed by atoms with Crippen LogP contribution >= 0.6 is 7.60 Å². The van der Waals surface area contributed by atoms with E-state index in [9.17, 15) is 57.7 Å². The van der Waals surface area contributed by atoms with E-state index in [1.807, 2.05) is 0 Å². The van der Waals surface area contributed by atoms with Crippen molar-refractivity contribution in [3.63, 3.8) is 0 Å². The van der Waals surface area contributed by atoms with Crippen LogP contribution < -0.4 is 16.3 Å². The molecule has 0 aliphatic carbocycles. The summed E-state index contributed by atoms with van der Waals surface area (Å²) in [4.78, 5) is 125. The van der Waals surface area contributed by atoms with Crippen molar-refractivity contribution in [3.05, 3.63) is 22.7 Å². The number of carbonyl (C=O) groups excluding carboxylic acids is 8. The summed E-state index contributed by atoms with van der Waals surface area (Å²) in [5.41, 5.74) is -2.96. The van der Waals surface area contributed by atoms with Crippen molar-refractivity contribution in [2.45, 2.75) is 129 Å². The van der Waals surface area contributed by atoms with Crippen LogP contribution in [0.2, 0.25) is 0 Å². The largest absolute Gasteiger partial charge is 0.462 e. The summed E-state index contributed by atoms with van der Waals surface area (Å²) in [7, 11) is -4.84. The van der Waals surface area contributed by atoms with Gasteiger partial charge in [-0.2, -0.15) is 4.98 Å². The molecule has 3 rings (SSSR count). The second-order valence-electron chi connectivity index (χ2n) is 14.3. The van der Waals surface area contributed by atoms with Gasteiger partial charge in [0.05, 0.1) is 31.0 Å². The van der Waals surface area contributed by atoms with Gasteiger partial charge in [0.1, 0.15) is 30.7 Å². The summed E-state index contributed by atoms with van der Waals surface area (Å²) in [6.07, 6.45) is -13.2. The van der Waals surface area contributed by atoms with Gasteiger partial charge < -0.3 is 63.1 Å². The molecule has 2 amide bonds. The molecule has 25 nitrogen and oxygen atoms in total. The zero-order valence-corrected chi connectivity index (χ0v) is 36.0. The number of nitrogens with zero attached hydrogens (tertiary/aromatic N) is 2. The molecule has 3 heterocycles. The van der Waals surface area contributed by atoms with E-state index in [1.54, 1.807) is 0 Å². The lowest BCUT2D eigenvalue weighted by Gasteiger charge is -2.50. The number of hydrogen-bond acceptors (Lipinski definition) is 21. The number of hydrogen-bond donors (Lipinski definition) is 4. The fourth-order valence-electron chi connectivity index (χ4n) is 6.79. The number of carbonyl (C=O) groups is 8. The van der Waals surface area contributed by atoms with Gasteiger partial charge >= 0.3 is 49.1 Å². The van der Waals surface area contributed by atoms with E-state index >= 15 is 0 Å². The van der Waals surface area contributed by atoms with Gasteiger partial charge in [-0.05, 0) is 12.5 Å². The van der Waals surface area contributed by atoms with Gasteiger partial charge in [-0.3, -0.25) is 47.5 Å². The van der Waals surface area contributed by atoms with Crippen LogP contribution in [0.4, 0.5) is 5.82 Å². The van der Waals surface area contributed by atoms with Crippen LogP contribution in [0.3, 0.4) is 0 Å². The maximum atomic E-state index is 13.7. The molecule has 1 unspecified atom stereocenters. The molecular formula is C36H51N4O21P. The molecule has 0 saturated carbocycles. The molecule has 4 N–H and O–H groups in total. The van der Waals surface area contributed by atoms with E-state index in [0.717, 1.165) is 59.2 Å². The molecule has 26 heteroatoms. The van der Waals surface area contributed by atoms with Crippen molar-refractivity contribution in [1.29, 1.82) is 0 Å². The number of anilines is 1. The second-order valence-corrected chi connectivity index (χ2v) is 16.3. The van der Waals surface area contributed by atoms with E-state index in [4.69, 9.17) is 42.4 Å². The predicted molar refractivity (Wildman–Crippen MR) is 203 cm³/mol. The topological polar surface area (TPSA) is 336 Å². The molecule has 0 spiro atoms. The third kappa shape index (κ3) is 14.9. The van der Waals surface area contributed by atoms with E-state index in [0.29, 0.717) is 0 Å². The van der Waals surface area contributed by atoms with Gasteiger partial charge in [0, 0.05) is 68.0 Å². The third-order valence-electron chi connectivity index (χ3n) is 9.04. The average Bonchev–Trinajstić information content (AvgIpc) is 3.45. The Balaban J connectivity index is 1.99. The Bertz CT molecular complexity index is 1960. The molecule has 1 aromatic rings. The number of aliphatic hydroxyl groups is 1. The van der Waals surface area contributed by atoms with Gasteiger partial charge in [0.2, 0.25) is 11.8 Å². The first-order valence-corrected chi connectivity index (χ1v) is 20.7. The molecule has 346 valence electrons. The Morgan fingerprint density at radius 1 is 0.887 bits per heavy atom. The van der Waals surface area contributed by atoms with Crippen LogP contribution in [0.15, 0.2) is 17.1 Å². The standard InChI is InChI=1S/C36H51N4O21P/c1-17(42)37-28-9-11-40(35(50)39-28)34-33(59-24(8)49)31(58-23(7)48)27(60-34)15-54-62(51,52)12-10-36(16-41)13-25(55-20(4)45)29(38-18(2)43)32(61-36)30(57-22(6)47)26(56-21(5)46)14-53-19(3)44/h9,11,25-27,29-34,41H,10,12-16H2,1-8H3,(H,38,43)(H,51,52)(H,37,39,42,50)/t25-,26+,27+,29+,30+,31+,32+,33+,34+,36-/m0/s1. The highest BCUT2D eigenvalue weighted by Gasteiger charge is 2.55. The minimum atomic E-state index is -4.84. The summed E-state index contributed by atoms with van der Waals surface area (Å²) in [5.74, 6) is -6.73. The number of nitrogens with one attached hydrogen (secondary N) is 2. The number of esters is 6. The highest BCUT2D eigenvalue weighted by molar-refractivity contribution is 7.52. The van der Waals surface area contributed by atoms with Crippen molar-refractivity contribution in [2.75, 3.05) is 31.3 Å². The molecule has 62 heavy (non-hydrogen) atoms. The Labute approximate surface area is 353 Å². The molecule has 1 aromatic heterocycles. The summed E-state index contributed by atoms with van der Waals surface area (Å²) < 4.78 is 64.4. The Morgan fingerprint density at radius 3 is 2.02 bits per heavy atom. The maximum absolute atomic E-state index is 13.7. The third-order valence-corrected chi connectivity index (χ3v) is 10.4. The summed E-state index contributed by atoms with van der Waals surface area (Å²) in [6.45, 7) is 5.91. The predicted octanol–water partition coefficient (Wildman–Crippen LogP) is -1.06. The molecule has 2 saturated heterocycles. The lowest BCUT2D eigenvalue weighted by Crippen LogP contribution is -2.68. The number of aliphatic hydroxyl groups excluding tert-OH is 1. The molecule has 0 aromatic carbocycles. The van der Waals surface area contributed by atoms with Crippen molar-refractivity contribution in [1.82, 2.24) is 14.9 Å². The van der Waals surface area contributed by atoms with Crippen LogP contribution in [0.5, 0.6) is 0 Å². The number of aromatic nitrogens is 2. The molecule has 0 radical (unpaired) electrons. The van der Waals surface area contributed by atoms with Crippen LogP contribution in [0.25, 0.3) is 0 Å². The Hall–Kier alpha value is -5.33. The minimum absolute atomic E-state index is 0.120. The monoisotopic (exact) mass is 906 g/mol. The fourth-order valence-corrected chi connectivity index (χ4v) is 7.99. The second kappa shape index (κ2) is 22.2. The van der Waals surface area contributed by atoms with Gasteiger partial charge in [0.25, 0.3) is 0 Å². The Kier molecular flexibility index (Phi) is 18.2. The minimum Gasteiger partial charge on any atom is -0.462 e. The van der Waals surface area contributed by atoms with E-state index in [1.165, 1.54) is 13.0 Å². The van der Waals surface area contributed by atoms with Crippen LogP contribution in [0, 0.1) is 0 Å². The van der Waals surface area contributed by atoms with Gasteiger partial charge in [-0.25, -0.2) is 4.79 Å². The fraction of sp³-hybridized carbons (Fsp3) is 0.667. The number of rotatable bonds is 19. The van der Waals surface area contributed by atoms with Gasteiger partial charge in [-0.1, -0.05) is 0 Å². The van der Waals surface area contributed by atoms with Crippen molar-refractivity contribution >= 4 is 61.0 Å². The van der Waals surface area contributed by atoms with Crippen LogP contribution in [0.1, 0.15) is 74.5 Å². The summed E-state index contributed by atoms with van der Waals surface area (Å²) >= 11 is 0. The van der Waals surface area contributed by atoms with E-state index in [-0.39, 0.29) is 5.82 Å². The average molecular weight is 907 g/mol. The maximum Gasteiger partial charge on any atom is 0.351 e. The molecule has 2 aliphatic heterocycles. The normalized spacial score (nSPS) is 26.3. The van der Waals surface area contributed by atoms with Crippen molar-refractivity contribution in [3.8, 4) is 0 Å². The van der Waals surface area contributed by atoms with Crippen molar-refractivity contribution in [2.24, 2.45) is 0 Å². The first-order valence-electron chi connectivity index (χ1n) is 18.9. The first-order chi connectivity index (χ1) is 28.8. The molecule has 0 bridgehead atoms. The summed E-state index contributed by atoms with van der Waals surface area (Å²) in [5, 5.41) is 15.7. The SMILES string of the molecule is CC(=O)Nc1ccn([C@@H]2O[C@H](COP(=O)(O)CC[C@@]3(CO)C[C@H](OC(C)=O)[C@@H](NC(C)=O)[C@H]([C@H](OC(C)=O)[C@@H](COC(C)=O)OC(C)=O)O3)[C@@H](OC(C)=O)[C@H]2OC(C)=O)c(=O)n1. The van der Waals surface area contributed by atoms with Gasteiger partial charge in [-0.15, -0.1) is 0 Å². The quantitative estimate of drug-likeness (QED) is 0.0730. The van der Waals surface area contributed by atoms with Crippen LogP contribution in [-0.4, -0.2) is 148 Å². The van der Waals surface area contributed by atoms with E-state index < -0.39 is 160 Å².